The fraction of sp³-hybridized carbons (Fsp3) is 0.529. The maximum atomic E-state index is 14.5. The van der Waals surface area contributed by atoms with Crippen LogP contribution in [0.15, 0.2) is 6.20 Å². The van der Waals surface area contributed by atoms with Crippen molar-refractivity contribution in [1.29, 1.82) is 0 Å². The fourth-order valence-corrected chi connectivity index (χ4v) is 3.01. The molecule has 25 heavy (non-hydrogen) atoms. The molecule has 0 spiro atoms. The van der Waals surface area contributed by atoms with E-state index >= 15 is 0 Å². The average Bonchev–Trinajstić information content (AvgIpc) is 2.92. The summed E-state index contributed by atoms with van der Waals surface area (Å²) in [5.41, 5.74) is 1.16. The predicted molar refractivity (Wildman–Crippen MR) is 90.9 cm³/mol. The van der Waals surface area contributed by atoms with Crippen molar-refractivity contribution in [2.75, 3.05) is 24.6 Å². The van der Waals surface area contributed by atoms with E-state index in [0.717, 1.165) is 32.1 Å². The second-order valence-electron chi connectivity index (χ2n) is 6.07. The van der Waals surface area contributed by atoms with Crippen LogP contribution in [0.4, 0.5) is 10.3 Å². The van der Waals surface area contributed by atoms with E-state index < -0.39 is 11.8 Å². The van der Waals surface area contributed by atoms with Crippen molar-refractivity contribution in [2.24, 2.45) is 7.05 Å². The monoisotopic (exact) mass is 347 g/mol. The van der Waals surface area contributed by atoms with Gasteiger partial charge in [-0.15, -0.1) is 0 Å². The summed E-state index contributed by atoms with van der Waals surface area (Å²) in [4.78, 5) is 22.8. The number of halogens is 1. The van der Waals surface area contributed by atoms with E-state index in [-0.39, 0.29) is 18.0 Å². The number of nitrogens with zero attached hydrogens (tertiary/aromatic N) is 5. The highest BCUT2D eigenvalue weighted by atomic mass is 19.1. The minimum atomic E-state index is -0.585. The average molecular weight is 347 g/mol. The van der Waals surface area contributed by atoms with Gasteiger partial charge in [0.1, 0.15) is 5.69 Å². The topological polar surface area (TPSA) is 73.1 Å². The molecule has 0 N–H and O–H groups in total. The zero-order chi connectivity index (χ0) is 18.0. The minimum absolute atomic E-state index is 0.0732. The summed E-state index contributed by atoms with van der Waals surface area (Å²) in [6.45, 7) is 5.41. The van der Waals surface area contributed by atoms with Gasteiger partial charge in [0.05, 0.1) is 18.4 Å². The Hall–Kier alpha value is -2.51. The number of aromatic nitrogens is 4. The zero-order valence-corrected chi connectivity index (χ0v) is 14.8. The summed E-state index contributed by atoms with van der Waals surface area (Å²) in [6, 6.07) is 0. The number of anilines is 1. The van der Waals surface area contributed by atoms with Gasteiger partial charge in [-0.05, 0) is 33.1 Å². The number of rotatable bonds is 4. The van der Waals surface area contributed by atoms with E-state index in [1.807, 2.05) is 4.90 Å². The van der Waals surface area contributed by atoms with Gasteiger partial charge in [-0.1, -0.05) is 0 Å². The third kappa shape index (κ3) is 3.33. The molecule has 0 radical (unpaired) electrons. The third-order valence-corrected chi connectivity index (χ3v) is 4.41. The van der Waals surface area contributed by atoms with Crippen molar-refractivity contribution in [3.05, 3.63) is 23.4 Å². The molecule has 8 heteroatoms. The lowest BCUT2D eigenvalue weighted by Crippen LogP contribution is -2.31. The van der Waals surface area contributed by atoms with E-state index in [2.05, 4.69) is 15.1 Å². The molecule has 3 rings (SSSR count). The molecule has 3 heterocycles. The van der Waals surface area contributed by atoms with Gasteiger partial charge in [0, 0.05) is 25.8 Å². The van der Waals surface area contributed by atoms with Crippen molar-refractivity contribution in [2.45, 2.75) is 33.1 Å². The maximum Gasteiger partial charge on any atom is 0.359 e. The minimum Gasteiger partial charge on any atom is -0.461 e. The Morgan fingerprint density at radius 2 is 2.04 bits per heavy atom. The number of aryl methyl sites for hydroxylation is 1. The Labute approximate surface area is 145 Å². The molecule has 0 aromatic carbocycles. The molecule has 0 bridgehead atoms. The van der Waals surface area contributed by atoms with Crippen molar-refractivity contribution in [3.8, 4) is 11.3 Å². The van der Waals surface area contributed by atoms with Crippen LogP contribution in [0.2, 0.25) is 0 Å². The van der Waals surface area contributed by atoms with Gasteiger partial charge in [-0.3, -0.25) is 4.68 Å². The Kier molecular flexibility index (Phi) is 4.96. The summed E-state index contributed by atoms with van der Waals surface area (Å²) in [6.07, 6.45) is 4.47. The standard InChI is InChI=1S/C17H22FN5O2/c1-4-25-16(24)15-13(11(2)22(3)21-15)14-12(18)10-19-17(20-14)23-8-6-5-7-9-23/h10H,4-9H2,1-3H3. The highest BCUT2D eigenvalue weighted by Crippen LogP contribution is 2.29. The van der Waals surface area contributed by atoms with Gasteiger partial charge in [0.25, 0.3) is 0 Å². The Morgan fingerprint density at radius 3 is 2.72 bits per heavy atom. The number of hydrogen-bond donors (Lipinski definition) is 0. The largest absolute Gasteiger partial charge is 0.461 e. The van der Waals surface area contributed by atoms with Crippen LogP contribution in [0.25, 0.3) is 11.3 Å². The zero-order valence-electron chi connectivity index (χ0n) is 14.8. The Balaban J connectivity index is 2.08. The van der Waals surface area contributed by atoms with Crippen LogP contribution in [-0.4, -0.2) is 45.4 Å². The third-order valence-electron chi connectivity index (χ3n) is 4.41. The fourth-order valence-electron chi connectivity index (χ4n) is 3.01. The molecule has 2 aromatic heterocycles. The predicted octanol–water partition coefficient (Wildman–Crippen LogP) is 2.49. The first-order chi connectivity index (χ1) is 12.0. The molecule has 1 fully saturated rings. The van der Waals surface area contributed by atoms with Gasteiger partial charge in [0.15, 0.2) is 11.5 Å². The first-order valence-electron chi connectivity index (χ1n) is 8.51. The molecular formula is C17H22FN5O2. The van der Waals surface area contributed by atoms with Crippen LogP contribution in [-0.2, 0) is 11.8 Å². The number of hydrogen-bond acceptors (Lipinski definition) is 6. The second-order valence-corrected chi connectivity index (χ2v) is 6.07. The van der Waals surface area contributed by atoms with Crippen molar-refractivity contribution in [1.82, 2.24) is 19.7 Å². The number of ether oxygens (including phenoxy) is 1. The number of piperidine rings is 1. The van der Waals surface area contributed by atoms with E-state index in [4.69, 9.17) is 4.74 Å². The van der Waals surface area contributed by atoms with E-state index in [0.29, 0.717) is 17.2 Å². The molecule has 1 aliphatic rings. The highest BCUT2D eigenvalue weighted by Gasteiger charge is 2.26. The Bertz CT molecular complexity index is 784. The van der Waals surface area contributed by atoms with Crippen molar-refractivity contribution >= 4 is 11.9 Å². The SMILES string of the molecule is CCOC(=O)c1nn(C)c(C)c1-c1nc(N2CCCCC2)ncc1F. The van der Waals surface area contributed by atoms with Crippen LogP contribution in [0.5, 0.6) is 0 Å². The van der Waals surface area contributed by atoms with Crippen LogP contribution >= 0.6 is 0 Å². The van der Waals surface area contributed by atoms with Crippen LogP contribution in [0.1, 0.15) is 42.4 Å². The number of carbonyl (C=O) groups excluding carboxylic acids is 1. The molecule has 1 aliphatic heterocycles. The normalized spacial score (nSPS) is 14.6. The quantitative estimate of drug-likeness (QED) is 0.791. The van der Waals surface area contributed by atoms with Gasteiger partial charge >= 0.3 is 5.97 Å². The molecule has 7 nitrogen and oxygen atoms in total. The Morgan fingerprint density at radius 1 is 1.32 bits per heavy atom. The van der Waals surface area contributed by atoms with Crippen LogP contribution in [0, 0.1) is 12.7 Å². The summed E-state index contributed by atoms with van der Waals surface area (Å²) in [7, 11) is 1.70. The number of carbonyl (C=O) groups is 1. The number of esters is 1. The first-order valence-corrected chi connectivity index (χ1v) is 8.51. The molecule has 134 valence electrons. The first kappa shape index (κ1) is 17.3. The van der Waals surface area contributed by atoms with Crippen LogP contribution in [0.3, 0.4) is 0 Å². The summed E-state index contributed by atoms with van der Waals surface area (Å²) in [5, 5.41) is 4.19. The lowest BCUT2D eigenvalue weighted by atomic mass is 10.1. The van der Waals surface area contributed by atoms with E-state index in [9.17, 15) is 9.18 Å². The van der Waals surface area contributed by atoms with Gasteiger partial charge < -0.3 is 9.64 Å². The smallest absolute Gasteiger partial charge is 0.359 e. The van der Waals surface area contributed by atoms with Gasteiger partial charge in [-0.25, -0.2) is 19.2 Å². The van der Waals surface area contributed by atoms with E-state index in [1.54, 1.807) is 20.9 Å². The van der Waals surface area contributed by atoms with Gasteiger partial charge in [-0.2, -0.15) is 5.10 Å². The summed E-state index contributed by atoms with van der Waals surface area (Å²) in [5.74, 6) is -0.685. The summed E-state index contributed by atoms with van der Waals surface area (Å²) < 4.78 is 21.1. The second kappa shape index (κ2) is 7.16. The van der Waals surface area contributed by atoms with Crippen molar-refractivity contribution < 1.29 is 13.9 Å². The van der Waals surface area contributed by atoms with E-state index in [1.165, 1.54) is 11.1 Å². The molecule has 0 unspecified atom stereocenters. The molecular weight excluding hydrogens is 325 g/mol. The lowest BCUT2D eigenvalue weighted by Gasteiger charge is -2.26. The lowest BCUT2D eigenvalue weighted by molar-refractivity contribution is 0.0519. The molecule has 1 saturated heterocycles. The molecule has 0 atom stereocenters. The summed E-state index contributed by atoms with van der Waals surface area (Å²) >= 11 is 0. The maximum absolute atomic E-state index is 14.5. The molecule has 0 aliphatic carbocycles. The van der Waals surface area contributed by atoms with Crippen molar-refractivity contribution in [3.63, 3.8) is 0 Å². The van der Waals surface area contributed by atoms with Crippen LogP contribution < -0.4 is 4.90 Å². The molecule has 0 saturated carbocycles. The molecule has 2 aromatic rings. The molecule has 0 amide bonds. The van der Waals surface area contributed by atoms with Gasteiger partial charge in [0.2, 0.25) is 5.95 Å². The highest BCUT2D eigenvalue weighted by molar-refractivity contribution is 5.95.